The van der Waals surface area contributed by atoms with Crippen LogP contribution in [0.5, 0.6) is 0 Å². The SMILES string of the molecule is [2H]CC(=O)OC[C@H]1OC(O[C@@H]2[C@H](OC(C)=O)[C@@H](OC(C)=O)[C@H](O[C@H]3[C@H](OC(C)=O)[C@@H](OC(C)=O)[C@H](OCCSCCC(=O)OC)O[C@@H]3COC(C)=O)O[C@@H]2COC(C)=O)[C@H](OC(=O)C[2H])[C@@H](OC(=O)C[2H])[C@H]1OC(=O)C[2H]. The zero-order valence-electron chi connectivity index (χ0n) is 44.8. The predicted molar refractivity (Wildman–Crippen MR) is 234 cm³/mol. The van der Waals surface area contributed by atoms with E-state index in [1.807, 2.05) is 0 Å². The van der Waals surface area contributed by atoms with E-state index in [-0.39, 0.29) is 18.8 Å². The first-order valence-electron chi connectivity index (χ1n) is 24.7. The van der Waals surface area contributed by atoms with E-state index in [2.05, 4.69) is 4.74 Å². The van der Waals surface area contributed by atoms with Crippen molar-refractivity contribution >= 4 is 77.4 Å². The summed E-state index contributed by atoms with van der Waals surface area (Å²) in [6.07, 6.45) is -28.8. The molecular formula is C44H62O28S. The van der Waals surface area contributed by atoms with Gasteiger partial charge in [0.25, 0.3) is 0 Å². The van der Waals surface area contributed by atoms with Gasteiger partial charge in [0.2, 0.25) is 0 Å². The number of methoxy groups -OCH3 is 1. The van der Waals surface area contributed by atoms with Crippen LogP contribution in [0.2, 0.25) is 0 Å². The Labute approximate surface area is 428 Å². The van der Waals surface area contributed by atoms with Crippen LogP contribution in [0.1, 0.15) is 81.0 Å². The van der Waals surface area contributed by atoms with Gasteiger partial charge in [-0.2, -0.15) is 11.8 Å². The lowest BCUT2D eigenvalue weighted by atomic mass is 9.95. The van der Waals surface area contributed by atoms with Gasteiger partial charge in [-0.25, -0.2) is 0 Å². The zero-order valence-corrected chi connectivity index (χ0v) is 41.6. The van der Waals surface area contributed by atoms with Crippen molar-refractivity contribution < 1.29 is 139 Å². The molecule has 15 atom stereocenters. The summed E-state index contributed by atoms with van der Waals surface area (Å²) in [5.74, 6) is -11.1. The Kier molecular flexibility index (Phi) is 22.5. The largest absolute Gasteiger partial charge is 0.469 e. The highest BCUT2D eigenvalue weighted by Crippen LogP contribution is 2.38. The fourth-order valence-electron chi connectivity index (χ4n) is 7.33. The van der Waals surface area contributed by atoms with Crippen molar-refractivity contribution in [2.24, 2.45) is 0 Å². The van der Waals surface area contributed by atoms with E-state index in [0.29, 0.717) is 5.75 Å². The first-order chi connectivity index (χ1) is 36.5. The van der Waals surface area contributed by atoms with E-state index in [1.54, 1.807) is 0 Å². The molecule has 412 valence electrons. The molecule has 73 heavy (non-hydrogen) atoms. The van der Waals surface area contributed by atoms with E-state index in [0.717, 1.165) is 41.5 Å². The van der Waals surface area contributed by atoms with Crippen LogP contribution in [0.3, 0.4) is 0 Å². The van der Waals surface area contributed by atoms with Gasteiger partial charge in [-0.3, -0.25) is 52.7 Å². The molecule has 3 aliphatic heterocycles. The fraction of sp³-hybridized carbons (Fsp3) is 0.750. The molecule has 3 saturated heterocycles. The molecule has 0 aromatic carbocycles. The van der Waals surface area contributed by atoms with Gasteiger partial charge in [-0.15, -0.1) is 0 Å². The third kappa shape index (κ3) is 20.3. The van der Waals surface area contributed by atoms with Crippen molar-refractivity contribution in [3.05, 3.63) is 0 Å². The molecule has 29 heteroatoms. The van der Waals surface area contributed by atoms with Crippen molar-refractivity contribution in [3.8, 4) is 0 Å². The first kappa shape index (κ1) is 55.0. The van der Waals surface area contributed by atoms with Gasteiger partial charge in [-0.05, 0) is 0 Å². The number of carbonyl (C=O) groups excluding carboxylic acids is 11. The molecule has 3 aliphatic rings. The monoisotopic (exact) mass is 1070 g/mol. The molecule has 0 aliphatic carbocycles. The lowest BCUT2D eigenvalue weighted by Gasteiger charge is -2.50. The van der Waals surface area contributed by atoms with Gasteiger partial charge in [0.1, 0.15) is 50.3 Å². The van der Waals surface area contributed by atoms with E-state index in [9.17, 15) is 52.7 Å². The second kappa shape index (κ2) is 29.8. The van der Waals surface area contributed by atoms with Gasteiger partial charge >= 0.3 is 65.7 Å². The number of thioether (sulfide) groups is 1. The van der Waals surface area contributed by atoms with Crippen LogP contribution in [0.25, 0.3) is 0 Å². The normalized spacial score (nSPS) is 30.4. The van der Waals surface area contributed by atoms with Crippen LogP contribution < -0.4 is 0 Å². The first-order valence-corrected chi connectivity index (χ1v) is 23.0. The van der Waals surface area contributed by atoms with E-state index in [1.165, 1.54) is 18.9 Å². The van der Waals surface area contributed by atoms with Gasteiger partial charge < -0.3 is 80.5 Å². The maximum atomic E-state index is 13.1. The molecule has 3 heterocycles. The van der Waals surface area contributed by atoms with Crippen LogP contribution in [0.4, 0.5) is 0 Å². The smallest absolute Gasteiger partial charge is 0.306 e. The topological polar surface area (TPSA) is 345 Å². The lowest BCUT2D eigenvalue weighted by molar-refractivity contribution is -0.380. The minimum absolute atomic E-state index is 0.0709. The average molecular weight is 1080 g/mol. The third-order valence-electron chi connectivity index (χ3n) is 9.87. The van der Waals surface area contributed by atoms with Crippen molar-refractivity contribution in [1.29, 1.82) is 0 Å². The molecule has 3 rings (SSSR count). The minimum atomic E-state index is -2.23. The number of hydrogen-bond acceptors (Lipinski definition) is 29. The van der Waals surface area contributed by atoms with Crippen molar-refractivity contribution in [3.63, 3.8) is 0 Å². The molecule has 0 saturated carbocycles. The summed E-state index contributed by atoms with van der Waals surface area (Å²) in [7, 11) is 1.23. The molecule has 28 nitrogen and oxygen atoms in total. The predicted octanol–water partition coefficient (Wildman–Crippen LogP) is -0.544. The maximum absolute atomic E-state index is 13.1. The molecular weight excluding hydrogens is 1010 g/mol. The Morgan fingerprint density at radius 2 is 0.753 bits per heavy atom. The van der Waals surface area contributed by atoms with E-state index in [4.69, 9.17) is 81.3 Å². The Hall–Kier alpha value is -5.72. The highest BCUT2D eigenvalue weighted by atomic mass is 32.2. The highest BCUT2D eigenvalue weighted by molar-refractivity contribution is 7.99. The fourth-order valence-corrected chi connectivity index (χ4v) is 8.06. The summed E-state index contributed by atoms with van der Waals surface area (Å²) in [5.41, 5.74) is 0. The van der Waals surface area contributed by atoms with Crippen LogP contribution in [-0.4, -0.2) is 203 Å². The second-order valence-corrected chi connectivity index (χ2v) is 16.8. The average Bonchev–Trinajstić information content (AvgIpc) is 3.36. The number of ether oxygens (including phenoxy) is 17. The minimum Gasteiger partial charge on any atom is -0.469 e. The van der Waals surface area contributed by atoms with E-state index < -0.39 is 205 Å². The van der Waals surface area contributed by atoms with Crippen LogP contribution in [0, 0.1) is 0 Å². The Morgan fingerprint density at radius 3 is 1.16 bits per heavy atom. The molecule has 3 fully saturated rings. The molecule has 0 N–H and O–H groups in total. The van der Waals surface area contributed by atoms with Crippen LogP contribution in [0.15, 0.2) is 0 Å². The highest BCUT2D eigenvalue weighted by Gasteiger charge is 2.60. The maximum Gasteiger partial charge on any atom is 0.306 e. The van der Waals surface area contributed by atoms with Gasteiger partial charge in [-0.1, -0.05) is 0 Å². The summed E-state index contributed by atoms with van der Waals surface area (Å²) in [5, 5.41) is 0. The standard InChI is InChI=1S/C44H62O28S/c1-19(45)58-16-29-33(61-22(4)48)36(62-23(5)49)40(66-27(9)53)43(69-29)72-35-31(18-60-21(3)47)70-44(41(67-28(10)54)38(35)64-25(7)51)71-34-30(17-59-20(2)46)68-42(57-13-15-73-14-12-32(55)56-11)39(65-26(8)52)37(34)63-24(6)50/h29-31,33-44H,12-18H2,1-11H3/t29-,30-,31-,33+,34-,35+,36+,37+,38+,39-,40-,41-,42-,43?,44+/m1/s1/i1D,4D,5D,9D. The number of carbonyl (C=O) groups is 11. The van der Waals surface area contributed by atoms with E-state index >= 15 is 0 Å². The van der Waals surface area contributed by atoms with Gasteiger partial charge in [0.15, 0.2) is 61.6 Å². The quantitative estimate of drug-likeness (QED) is 0.0665. The Morgan fingerprint density at radius 1 is 0.411 bits per heavy atom. The van der Waals surface area contributed by atoms with Crippen LogP contribution in [-0.2, 0) is 133 Å². The van der Waals surface area contributed by atoms with Crippen LogP contribution >= 0.6 is 11.8 Å². The van der Waals surface area contributed by atoms with Crippen molar-refractivity contribution in [1.82, 2.24) is 0 Å². The molecule has 0 bridgehead atoms. The Bertz CT molecular complexity index is 2050. The molecule has 1 unspecified atom stereocenters. The van der Waals surface area contributed by atoms with Gasteiger partial charge in [0.05, 0.1) is 20.1 Å². The second-order valence-electron chi connectivity index (χ2n) is 15.6. The molecule has 0 aromatic heterocycles. The number of esters is 11. The van der Waals surface area contributed by atoms with Crippen molar-refractivity contribution in [2.45, 2.75) is 168 Å². The summed E-state index contributed by atoms with van der Waals surface area (Å²) < 4.78 is 127. The molecule has 0 spiro atoms. The van der Waals surface area contributed by atoms with Crippen molar-refractivity contribution in [2.75, 3.05) is 45.0 Å². The van der Waals surface area contributed by atoms with Gasteiger partial charge in [0, 0.05) is 86.1 Å². The zero-order chi connectivity index (χ0) is 57.5. The lowest BCUT2D eigenvalue weighted by Crippen LogP contribution is -2.69. The summed E-state index contributed by atoms with van der Waals surface area (Å²) in [4.78, 5) is 139. The number of rotatable bonds is 24. The third-order valence-corrected chi connectivity index (χ3v) is 10.8. The number of hydrogen-bond donors (Lipinski definition) is 0. The molecule has 0 aromatic rings. The molecule has 0 radical (unpaired) electrons. The summed E-state index contributed by atoms with van der Waals surface area (Å²) in [6.45, 7) is -1.08. The molecule has 0 amide bonds. The summed E-state index contributed by atoms with van der Waals surface area (Å²) >= 11 is 1.27. The Balaban J connectivity index is 2.29. The summed E-state index contributed by atoms with van der Waals surface area (Å²) in [6, 6.07) is 0.